The summed E-state index contributed by atoms with van der Waals surface area (Å²) in [6.07, 6.45) is 0. The van der Waals surface area contributed by atoms with E-state index in [0.29, 0.717) is 17.1 Å². The molecular formula is C18H19N5O. The molecule has 2 aromatic carbocycles. The van der Waals surface area contributed by atoms with Gasteiger partial charge in [-0.3, -0.25) is 9.48 Å². The van der Waals surface area contributed by atoms with Gasteiger partial charge in [-0.2, -0.15) is 0 Å². The number of aryl methyl sites for hydroxylation is 1. The molecule has 1 heterocycles. The van der Waals surface area contributed by atoms with Crippen molar-refractivity contribution in [3.05, 3.63) is 70.1 Å². The van der Waals surface area contributed by atoms with Crippen molar-refractivity contribution < 1.29 is 0 Å². The summed E-state index contributed by atoms with van der Waals surface area (Å²) in [5.74, 6) is 0. The summed E-state index contributed by atoms with van der Waals surface area (Å²) in [7, 11) is 1.82. The lowest BCUT2D eigenvalue weighted by molar-refractivity contribution is 0.630. The third-order valence-corrected chi connectivity index (χ3v) is 3.97. The standard InChI is InChI=1S/C18H19N5O/c1-12-9-10-15(19)16(11-12)20-21-17-13(2)22(3)23(18(17)24)14-7-5-4-6-8-14/h4-11H,19H2,1-3H3. The van der Waals surface area contributed by atoms with Gasteiger partial charge >= 0.3 is 0 Å². The zero-order chi connectivity index (χ0) is 17.3. The van der Waals surface area contributed by atoms with Crippen molar-refractivity contribution in [1.29, 1.82) is 0 Å². The molecule has 1 aromatic heterocycles. The first-order chi connectivity index (χ1) is 11.5. The molecule has 2 N–H and O–H groups in total. The molecule has 0 aliphatic rings. The number of hydrogen-bond donors (Lipinski definition) is 1. The van der Waals surface area contributed by atoms with E-state index in [0.717, 1.165) is 16.9 Å². The second kappa shape index (κ2) is 6.16. The molecular weight excluding hydrogens is 302 g/mol. The third-order valence-electron chi connectivity index (χ3n) is 3.97. The number of nitrogen functional groups attached to an aromatic ring is 1. The molecule has 3 aromatic rings. The van der Waals surface area contributed by atoms with Gasteiger partial charge in [0, 0.05) is 7.05 Å². The smallest absolute Gasteiger partial charge is 0.299 e. The minimum absolute atomic E-state index is 0.212. The summed E-state index contributed by atoms with van der Waals surface area (Å²) in [5.41, 5.74) is 9.65. The SMILES string of the molecule is Cc1ccc(N)c(N=Nc2c(C)n(C)n(-c3ccccc3)c2=O)c1. The van der Waals surface area contributed by atoms with Crippen LogP contribution >= 0.6 is 0 Å². The maximum atomic E-state index is 12.7. The molecule has 0 saturated carbocycles. The molecule has 0 aliphatic carbocycles. The Bertz CT molecular complexity index is 967. The lowest BCUT2D eigenvalue weighted by atomic mass is 10.2. The Balaban J connectivity index is 2.09. The Kier molecular flexibility index (Phi) is 4.04. The van der Waals surface area contributed by atoms with Crippen molar-refractivity contribution >= 4 is 17.1 Å². The number of para-hydroxylation sites is 1. The lowest BCUT2D eigenvalue weighted by Crippen LogP contribution is -2.19. The summed E-state index contributed by atoms with van der Waals surface area (Å²) in [4.78, 5) is 12.7. The summed E-state index contributed by atoms with van der Waals surface area (Å²) in [6, 6.07) is 15.0. The van der Waals surface area contributed by atoms with Crippen LogP contribution in [0.25, 0.3) is 5.69 Å². The van der Waals surface area contributed by atoms with E-state index in [9.17, 15) is 4.79 Å². The number of azo groups is 1. The zero-order valence-electron chi connectivity index (χ0n) is 13.9. The first-order valence-corrected chi connectivity index (χ1v) is 7.61. The quantitative estimate of drug-likeness (QED) is 0.588. The number of rotatable bonds is 3. The highest BCUT2D eigenvalue weighted by molar-refractivity contribution is 5.63. The summed E-state index contributed by atoms with van der Waals surface area (Å²) >= 11 is 0. The van der Waals surface area contributed by atoms with Gasteiger partial charge in [-0.25, -0.2) is 4.68 Å². The molecule has 0 aliphatic heterocycles. The second-order valence-corrected chi connectivity index (χ2v) is 5.67. The number of nitrogens with two attached hydrogens (primary N) is 1. The van der Waals surface area contributed by atoms with Crippen molar-refractivity contribution in [2.75, 3.05) is 5.73 Å². The van der Waals surface area contributed by atoms with Crippen LogP contribution in [-0.2, 0) is 7.05 Å². The molecule has 24 heavy (non-hydrogen) atoms. The fourth-order valence-electron chi connectivity index (χ4n) is 2.51. The van der Waals surface area contributed by atoms with E-state index < -0.39 is 0 Å². The molecule has 0 spiro atoms. The van der Waals surface area contributed by atoms with Crippen molar-refractivity contribution in [3.8, 4) is 5.69 Å². The van der Waals surface area contributed by atoms with E-state index in [1.54, 1.807) is 15.4 Å². The highest BCUT2D eigenvalue weighted by Gasteiger charge is 2.15. The molecule has 122 valence electrons. The van der Waals surface area contributed by atoms with E-state index in [4.69, 9.17) is 5.73 Å². The summed E-state index contributed by atoms with van der Waals surface area (Å²) in [6.45, 7) is 3.80. The van der Waals surface area contributed by atoms with Gasteiger partial charge in [0.05, 0.1) is 17.1 Å². The highest BCUT2D eigenvalue weighted by atomic mass is 16.1. The van der Waals surface area contributed by atoms with E-state index >= 15 is 0 Å². The molecule has 6 nitrogen and oxygen atoms in total. The van der Waals surface area contributed by atoms with Crippen molar-refractivity contribution in [3.63, 3.8) is 0 Å². The van der Waals surface area contributed by atoms with E-state index in [-0.39, 0.29) is 5.56 Å². The number of anilines is 1. The van der Waals surface area contributed by atoms with Crippen LogP contribution in [0.5, 0.6) is 0 Å². The average Bonchev–Trinajstić information content (AvgIpc) is 2.79. The molecule has 0 amide bonds. The highest BCUT2D eigenvalue weighted by Crippen LogP contribution is 2.26. The van der Waals surface area contributed by atoms with Crippen LogP contribution in [0.4, 0.5) is 17.1 Å². The number of nitrogens with zero attached hydrogens (tertiary/aromatic N) is 4. The van der Waals surface area contributed by atoms with Crippen LogP contribution in [0.2, 0.25) is 0 Å². The maximum Gasteiger partial charge on any atom is 0.299 e. The molecule has 0 radical (unpaired) electrons. The Morgan fingerprint density at radius 3 is 2.42 bits per heavy atom. The van der Waals surface area contributed by atoms with Gasteiger partial charge < -0.3 is 5.73 Å². The predicted octanol–water partition coefficient (Wildman–Crippen LogP) is 3.79. The van der Waals surface area contributed by atoms with Gasteiger partial charge in [-0.1, -0.05) is 24.3 Å². The van der Waals surface area contributed by atoms with Gasteiger partial charge in [0.25, 0.3) is 5.56 Å². The average molecular weight is 321 g/mol. The number of hydrogen-bond acceptors (Lipinski definition) is 4. The Hall–Kier alpha value is -3.15. The molecule has 0 fully saturated rings. The zero-order valence-corrected chi connectivity index (χ0v) is 13.9. The minimum atomic E-state index is -0.212. The summed E-state index contributed by atoms with van der Waals surface area (Å²) in [5, 5.41) is 8.36. The normalized spacial score (nSPS) is 11.3. The van der Waals surface area contributed by atoms with Crippen LogP contribution in [0.1, 0.15) is 11.3 Å². The molecule has 6 heteroatoms. The van der Waals surface area contributed by atoms with E-state index in [1.807, 2.05) is 63.4 Å². The number of benzene rings is 2. The fourth-order valence-corrected chi connectivity index (χ4v) is 2.51. The van der Waals surface area contributed by atoms with E-state index in [2.05, 4.69) is 10.2 Å². The third kappa shape index (κ3) is 2.74. The number of aromatic nitrogens is 2. The van der Waals surface area contributed by atoms with Crippen LogP contribution in [0.3, 0.4) is 0 Å². The molecule has 3 rings (SSSR count). The van der Waals surface area contributed by atoms with Crippen LogP contribution < -0.4 is 11.3 Å². The molecule has 0 bridgehead atoms. The van der Waals surface area contributed by atoms with Crippen LogP contribution in [0.15, 0.2) is 63.6 Å². The topological polar surface area (TPSA) is 77.7 Å². The largest absolute Gasteiger partial charge is 0.397 e. The van der Waals surface area contributed by atoms with Crippen molar-refractivity contribution in [2.45, 2.75) is 13.8 Å². The summed E-state index contributed by atoms with van der Waals surface area (Å²) < 4.78 is 3.34. The van der Waals surface area contributed by atoms with Crippen LogP contribution in [-0.4, -0.2) is 9.36 Å². The van der Waals surface area contributed by atoms with Crippen LogP contribution in [0, 0.1) is 13.8 Å². The van der Waals surface area contributed by atoms with Gasteiger partial charge in [0.1, 0.15) is 5.69 Å². The first-order valence-electron chi connectivity index (χ1n) is 7.61. The van der Waals surface area contributed by atoms with E-state index in [1.165, 1.54) is 0 Å². The molecule has 0 unspecified atom stereocenters. The Morgan fingerprint density at radius 1 is 1.00 bits per heavy atom. The first kappa shape index (κ1) is 15.7. The van der Waals surface area contributed by atoms with Gasteiger partial charge in [0.15, 0.2) is 5.69 Å². The van der Waals surface area contributed by atoms with Gasteiger partial charge in [0.2, 0.25) is 0 Å². The molecule has 0 saturated heterocycles. The Morgan fingerprint density at radius 2 is 1.71 bits per heavy atom. The predicted molar refractivity (Wildman–Crippen MR) is 95.5 cm³/mol. The van der Waals surface area contributed by atoms with Gasteiger partial charge in [-0.05, 0) is 43.7 Å². The Labute approximate surface area is 139 Å². The van der Waals surface area contributed by atoms with Gasteiger partial charge in [-0.15, -0.1) is 10.2 Å². The second-order valence-electron chi connectivity index (χ2n) is 5.67. The maximum absolute atomic E-state index is 12.7. The lowest BCUT2D eigenvalue weighted by Gasteiger charge is -2.07. The molecule has 0 atom stereocenters. The van der Waals surface area contributed by atoms with Crippen molar-refractivity contribution in [1.82, 2.24) is 9.36 Å². The van der Waals surface area contributed by atoms with Crippen molar-refractivity contribution in [2.24, 2.45) is 17.3 Å². The minimum Gasteiger partial charge on any atom is -0.397 e. The monoisotopic (exact) mass is 321 g/mol. The fraction of sp³-hybridized carbons (Fsp3) is 0.167.